The van der Waals surface area contributed by atoms with E-state index in [1.165, 1.54) is 0 Å². The predicted octanol–water partition coefficient (Wildman–Crippen LogP) is 2.19. The van der Waals surface area contributed by atoms with Crippen LogP contribution in [-0.4, -0.2) is 50.4 Å². The fourth-order valence-corrected chi connectivity index (χ4v) is 2.80. The fraction of sp³-hybridized carbons (Fsp3) is 0.412. The van der Waals surface area contributed by atoms with Crippen LogP contribution in [0.1, 0.15) is 6.42 Å². The van der Waals surface area contributed by atoms with Crippen LogP contribution in [0.4, 0.5) is 11.6 Å². The Labute approximate surface area is 141 Å². The van der Waals surface area contributed by atoms with Crippen molar-refractivity contribution in [1.82, 2.24) is 9.97 Å². The molecule has 0 bridgehead atoms. The van der Waals surface area contributed by atoms with Crippen LogP contribution in [0.3, 0.4) is 0 Å². The highest BCUT2D eigenvalue weighted by atomic mass is 16.5. The van der Waals surface area contributed by atoms with Crippen LogP contribution in [0.15, 0.2) is 30.5 Å². The molecule has 1 N–H and O–H groups in total. The van der Waals surface area contributed by atoms with E-state index in [-0.39, 0.29) is 6.04 Å². The van der Waals surface area contributed by atoms with E-state index in [1.807, 2.05) is 18.2 Å². The molecule has 128 valence electrons. The first kappa shape index (κ1) is 16.2. The summed E-state index contributed by atoms with van der Waals surface area (Å²) in [4.78, 5) is 10.8. The lowest BCUT2D eigenvalue weighted by Gasteiger charge is -2.20. The van der Waals surface area contributed by atoms with Crippen molar-refractivity contribution >= 4 is 11.6 Å². The molecule has 2 heterocycles. The van der Waals surface area contributed by atoms with Gasteiger partial charge in [-0.1, -0.05) is 0 Å². The molecule has 1 aliphatic rings. The Morgan fingerprint density at radius 3 is 2.50 bits per heavy atom. The van der Waals surface area contributed by atoms with E-state index in [2.05, 4.69) is 20.2 Å². The minimum absolute atomic E-state index is 0.273. The van der Waals surface area contributed by atoms with Gasteiger partial charge in [0.25, 0.3) is 0 Å². The van der Waals surface area contributed by atoms with Gasteiger partial charge in [0.15, 0.2) is 0 Å². The van der Waals surface area contributed by atoms with Crippen molar-refractivity contribution in [2.24, 2.45) is 0 Å². The number of hydrogen-bond donors (Lipinski definition) is 1. The van der Waals surface area contributed by atoms with Crippen molar-refractivity contribution in [3.8, 4) is 17.4 Å². The van der Waals surface area contributed by atoms with Gasteiger partial charge < -0.3 is 24.4 Å². The van der Waals surface area contributed by atoms with Gasteiger partial charge in [0.1, 0.15) is 11.5 Å². The molecule has 0 spiro atoms. The Morgan fingerprint density at radius 2 is 1.83 bits per heavy atom. The molecule has 1 saturated heterocycles. The molecular formula is C17H22N4O3. The van der Waals surface area contributed by atoms with E-state index in [4.69, 9.17) is 14.2 Å². The lowest BCUT2D eigenvalue weighted by molar-refractivity contribution is 0.394. The number of nitrogens with one attached hydrogen (secondary N) is 1. The highest BCUT2D eigenvalue weighted by Gasteiger charge is 2.24. The maximum Gasteiger partial charge on any atom is 0.226 e. The molecule has 0 radical (unpaired) electrons. The third kappa shape index (κ3) is 3.61. The minimum Gasteiger partial charge on any atom is -0.497 e. The molecule has 1 atom stereocenters. The van der Waals surface area contributed by atoms with Crippen LogP contribution < -0.4 is 24.4 Å². The number of hydrogen-bond acceptors (Lipinski definition) is 7. The SMILES string of the molecule is COc1cc(OC)cc(N2CCC(Nc3nccc(OC)n3)C2)c1. The maximum atomic E-state index is 5.35. The first-order valence-electron chi connectivity index (χ1n) is 7.83. The van der Waals surface area contributed by atoms with Crippen molar-refractivity contribution in [2.45, 2.75) is 12.5 Å². The second-order valence-electron chi connectivity index (χ2n) is 5.57. The van der Waals surface area contributed by atoms with Crippen molar-refractivity contribution in [2.75, 3.05) is 44.6 Å². The van der Waals surface area contributed by atoms with Crippen LogP contribution >= 0.6 is 0 Å². The van der Waals surface area contributed by atoms with Gasteiger partial charge >= 0.3 is 0 Å². The van der Waals surface area contributed by atoms with Crippen molar-refractivity contribution < 1.29 is 14.2 Å². The van der Waals surface area contributed by atoms with Crippen molar-refractivity contribution in [1.29, 1.82) is 0 Å². The standard InChI is InChI=1S/C17H22N4O3/c1-22-14-8-13(9-15(10-14)23-2)21-7-5-12(11-21)19-17-18-6-4-16(20-17)24-3/h4,6,8-10,12H,5,7,11H2,1-3H3,(H,18,19,20). The molecule has 0 amide bonds. The summed E-state index contributed by atoms with van der Waals surface area (Å²) in [7, 11) is 4.92. The largest absolute Gasteiger partial charge is 0.497 e. The smallest absolute Gasteiger partial charge is 0.226 e. The Morgan fingerprint density at radius 1 is 1.08 bits per heavy atom. The van der Waals surface area contributed by atoms with E-state index in [1.54, 1.807) is 33.6 Å². The van der Waals surface area contributed by atoms with Gasteiger partial charge in [-0.05, 0) is 6.42 Å². The van der Waals surface area contributed by atoms with Crippen LogP contribution in [-0.2, 0) is 0 Å². The lowest BCUT2D eigenvalue weighted by Crippen LogP contribution is -2.26. The second kappa shape index (κ2) is 7.25. The Kier molecular flexibility index (Phi) is 4.88. The fourth-order valence-electron chi connectivity index (χ4n) is 2.80. The van der Waals surface area contributed by atoms with Crippen LogP contribution in [0.5, 0.6) is 17.4 Å². The van der Waals surface area contributed by atoms with Gasteiger partial charge in [-0.25, -0.2) is 4.98 Å². The molecule has 24 heavy (non-hydrogen) atoms. The topological polar surface area (TPSA) is 68.7 Å². The summed E-state index contributed by atoms with van der Waals surface area (Å²) in [5, 5.41) is 3.37. The van der Waals surface area contributed by atoms with Gasteiger partial charge in [-0.3, -0.25) is 0 Å². The summed E-state index contributed by atoms with van der Waals surface area (Å²) in [5.41, 5.74) is 1.09. The monoisotopic (exact) mass is 330 g/mol. The molecule has 3 rings (SSSR count). The molecule has 0 saturated carbocycles. The summed E-state index contributed by atoms with van der Waals surface area (Å²) in [6.45, 7) is 1.80. The van der Waals surface area contributed by atoms with E-state index in [0.29, 0.717) is 11.8 Å². The highest BCUT2D eigenvalue weighted by molar-refractivity contribution is 5.56. The Hall–Kier alpha value is -2.70. The third-order valence-electron chi connectivity index (χ3n) is 4.06. The zero-order chi connectivity index (χ0) is 16.9. The summed E-state index contributed by atoms with van der Waals surface area (Å²) in [6, 6.07) is 7.92. The van der Waals surface area contributed by atoms with Gasteiger partial charge in [-0.15, -0.1) is 0 Å². The van der Waals surface area contributed by atoms with E-state index >= 15 is 0 Å². The molecule has 2 aromatic rings. The summed E-state index contributed by atoms with van der Waals surface area (Å²) < 4.78 is 15.8. The number of aromatic nitrogens is 2. The lowest BCUT2D eigenvalue weighted by atomic mass is 10.2. The number of anilines is 2. The minimum atomic E-state index is 0.273. The quantitative estimate of drug-likeness (QED) is 0.870. The van der Waals surface area contributed by atoms with E-state index in [9.17, 15) is 0 Å². The molecule has 1 aromatic heterocycles. The average molecular weight is 330 g/mol. The van der Waals surface area contributed by atoms with Gasteiger partial charge in [0, 0.05) is 55.3 Å². The molecule has 1 aromatic carbocycles. The van der Waals surface area contributed by atoms with Gasteiger partial charge in [0.05, 0.1) is 21.3 Å². The molecule has 0 aliphatic carbocycles. The normalized spacial score (nSPS) is 16.8. The second-order valence-corrected chi connectivity index (χ2v) is 5.57. The van der Waals surface area contributed by atoms with Crippen LogP contribution in [0.2, 0.25) is 0 Å². The van der Waals surface area contributed by atoms with Crippen LogP contribution in [0.25, 0.3) is 0 Å². The molecule has 1 aliphatic heterocycles. The molecule has 7 nitrogen and oxygen atoms in total. The van der Waals surface area contributed by atoms with Gasteiger partial charge in [0.2, 0.25) is 11.8 Å². The highest BCUT2D eigenvalue weighted by Crippen LogP contribution is 2.30. The molecule has 1 fully saturated rings. The molecular weight excluding hydrogens is 308 g/mol. The Balaban J connectivity index is 1.68. The first-order chi connectivity index (χ1) is 11.7. The third-order valence-corrected chi connectivity index (χ3v) is 4.06. The molecule has 1 unspecified atom stereocenters. The predicted molar refractivity (Wildman–Crippen MR) is 92.4 cm³/mol. The maximum absolute atomic E-state index is 5.35. The summed E-state index contributed by atoms with van der Waals surface area (Å²) in [6.07, 6.45) is 2.69. The van der Waals surface area contributed by atoms with E-state index in [0.717, 1.165) is 36.7 Å². The Bertz CT molecular complexity index is 673. The summed E-state index contributed by atoms with van der Waals surface area (Å²) >= 11 is 0. The molecule has 7 heteroatoms. The van der Waals surface area contributed by atoms with Crippen molar-refractivity contribution in [3.05, 3.63) is 30.5 Å². The zero-order valence-electron chi connectivity index (χ0n) is 14.2. The first-order valence-corrected chi connectivity index (χ1v) is 7.83. The van der Waals surface area contributed by atoms with Crippen molar-refractivity contribution in [3.63, 3.8) is 0 Å². The average Bonchev–Trinajstić information content (AvgIpc) is 3.09. The number of methoxy groups -OCH3 is 3. The zero-order valence-corrected chi connectivity index (χ0v) is 14.2. The number of nitrogens with zero attached hydrogens (tertiary/aromatic N) is 3. The summed E-state index contributed by atoms with van der Waals surface area (Å²) in [5.74, 6) is 2.72. The van der Waals surface area contributed by atoms with E-state index < -0.39 is 0 Å². The van der Waals surface area contributed by atoms with Crippen LogP contribution in [0, 0.1) is 0 Å². The number of ether oxygens (including phenoxy) is 3. The number of benzene rings is 1. The number of rotatable bonds is 6. The van der Waals surface area contributed by atoms with Gasteiger partial charge in [-0.2, -0.15) is 4.98 Å².